The van der Waals surface area contributed by atoms with E-state index in [0.29, 0.717) is 11.3 Å². The molecule has 1 unspecified atom stereocenters. The van der Waals surface area contributed by atoms with Crippen molar-refractivity contribution in [2.24, 2.45) is 5.73 Å². The average molecular weight is 277 g/mol. The van der Waals surface area contributed by atoms with Gasteiger partial charge in [0.2, 0.25) is 0 Å². The van der Waals surface area contributed by atoms with Crippen molar-refractivity contribution in [1.29, 1.82) is 0 Å². The van der Waals surface area contributed by atoms with Crippen LogP contribution in [0.25, 0.3) is 0 Å². The Morgan fingerprint density at radius 1 is 1.00 bits per heavy atom. The molecule has 2 rings (SSSR count). The molecule has 1 atom stereocenters. The molecule has 0 amide bonds. The van der Waals surface area contributed by atoms with Crippen molar-refractivity contribution < 1.29 is 13.5 Å². The molecule has 0 bridgehead atoms. The normalized spacial score (nSPS) is 12.3. The Kier molecular flexibility index (Phi) is 4.04. The van der Waals surface area contributed by atoms with Crippen LogP contribution in [0.5, 0.6) is 5.75 Å². The lowest BCUT2D eigenvalue weighted by atomic mass is 9.96. The van der Waals surface area contributed by atoms with Gasteiger partial charge in [-0.3, -0.25) is 0 Å². The number of halogens is 2. The molecule has 0 saturated heterocycles. The highest BCUT2D eigenvalue weighted by Crippen LogP contribution is 2.28. The molecule has 0 saturated carbocycles. The third-order valence-corrected chi connectivity index (χ3v) is 3.40. The van der Waals surface area contributed by atoms with E-state index in [1.165, 1.54) is 6.92 Å². The van der Waals surface area contributed by atoms with Crippen molar-refractivity contribution in [3.05, 3.63) is 64.2 Å². The minimum Gasteiger partial charge on any atom is -0.496 e. The number of aryl methyl sites for hydroxylation is 2. The Morgan fingerprint density at radius 3 is 2.35 bits per heavy atom. The van der Waals surface area contributed by atoms with Crippen LogP contribution < -0.4 is 10.5 Å². The highest BCUT2D eigenvalue weighted by molar-refractivity contribution is 5.42. The number of nitrogens with two attached hydrogens (primary N) is 1. The summed E-state index contributed by atoms with van der Waals surface area (Å²) >= 11 is 0. The van der Waals surface area contributed by atoms with Gasteiger partial charge in [0, 0.05) is 5.56 Å². The molecule has 2 N–H and O–H groups in total. The topological polar surface area (TPSA) is 35.2 Å². The van der Waals surface area contributed by atoms with Crippen molar-refractivity contribution in [1.82, 2.24) is 0 Å². The molecule has 0 fully saturated rings. The highest BCUT2D eigenvalue weighted by atomic mass is 19.1. The van der Waals surface area contributed by atoms with Crippen molar-refractivity contribution in [2.45, 2.75) is 19.9 Å². The molecule has 106 valence electrons. The van der Waals surface area contributed by atoms with Gasteiger partial charge in [0.1, 0.15) is 17.4 Å². The Labute approximate surface area is 117 Å². The van der Waals surface area contributed by atoms with Crippen LogP contribution in [-0.4, -0.2) is 7.11 Å². The monoisotopic (exact) mass is 277 g/mol. The van der Waals surface area contributed by atoms with Gasteiger partial charge < -0.3 is 10.5 Å². The Bertz CT molecular complexity index is 641. The predicted molar refractivity (Wildman–Crippen MR) is 74.9 cm³/mol. The molecular formula is C16H17F2NO. The third kappa shape index (κ3) is 2.65. The van der Waals surface area contributed by atoms with E-state index in [4.69, 9.17) is 10.5 Å². The van der Waals surface area contributed by atoms with Gasteiger partial charge in [-0.1, -0.05) is 12.1 Å². The SMILES string of the molecule is COc1cc(C(N)c2cc(F)c(C)cc2F)ccc1C. The van der Waals surface area contributed by atoms with Crippen LogP contribution in [0.15, 0.2) is 30.3 Å². The number of benzene rings is 2. The first-order valence-electron chi connectivity index (χ1n) is 6.29. The summed E-state index contributed by atoms with van der Waals surface area (Å²) < 4.78 is 32.8. The summed E-state index contributed by atoms with van der Waals surface area (Å²) in [5, 5.41) is 0. The summed E-state index contributed by atoms with van der Waals surface area (Å²) in [6, 6.07) is 6.96. The predicted octanol–water partition coefficient (Wildman–Crippen LogP) is 3.64. The number of rotatable bonds is 3. The number of hydrogen-bond acceptors (Lipinski definition) is 2. The molecule has 0 aromatic heterocycles. The lowest BCUT2D eigenvalue weighted by molar-refractivity contribution is 0.411. The number of hydrogen-bond donors (Lipinski definition) is 1. The van der Waals surface area contributed by atoms with Crippen molar-refractivity contribution in [3.8, 4) is 5.75 Å². The third-order valence-electron chi connectivity index (χ3n) is 3.40. The van der Waals surface area contributed by atoms with E-state index < -0.39 is 17.7 Å². The van der Waals surface area contributed by atoms with Crippen molar-refractivity contribution in [3.63, 3.8) is 0 Å². The van der Waals surface area contributed by atoms with Crippen molar-refractivity contribution >= 4 is 0 Å². The van der Waals surface area contributed by atoms with Crippen LogP contribution >= 0.6 is 0 Å². The second kappa shape index (κ2) is 5.59. The summed E-state index contributed by atoms with van der Waals surface area (Å²) in [5.74, 6) is -0.294. The van der Waals surface area contributed by atoms with Crippen LogP contribution in [0.3, 0.4) is 0 Å². The van der Waals surface area contributed by atoms with Gasteiger partial charge in [-0.05, 0) is 48.7 Å². The minimum atomic E-state index is -0.736. The molecule has 0 spiro atoms. The first-order chi connectivity index (χ1) is 9.43. The fraction of sp³-hybridized carbons (Fsp3) is 0.250. The summed E-state index contributed by atoms with van der Waals surface area (Å²) in [6.07, 6.45) is 0. The van der Waals surface area contributed by atoms with Gasteiger partial charge in [-0.15, -0.1) is 0 Å². The van der Waals surface area contributed by atoms with Crippen LogP contribution in [0.2, 0.25) is 0 Å². The highest BCUT2D eigenvalue weighted by Gasteiger charge is 2.17. The number of methoxy groups -OCH3 is 1. The molecule has 0 aliphatic heterocycles. The molecule has 2 aromatic carbocycles. The lowest BCUT2D eigenvalue weighted by Crippen LogP contribution is -2.14. The first-order valence-corrected chi connectivity index (χ1v) is 6.29. The van der Waals surface area contributed by atoms with E-state index in [0.717, 1.165) is 17.7 Å². The summed E-state index contributed by atoms with van der Waals surface area (Å²) in [6.45, 7) is 3.42. The summed E-state index contributed by atoms with van der Waals surface area (Å²) in [5.41, 5.74) is 8.08. The Hall–Kier alpha value is -1.94. The Balaban J connectivity index is 2.46. The first kappa shape index (κ1) is 14.5. The van der Waals surface area contributed by atoms with Gasteiger partial charge >= 0.3 is 0 Å². The molecule has 0 heterocycles. The zero-order valence-electron chi connectivity index (χ0n) is 11.7. The van der Waals surface area contributed by atoms with Crippen LogP contribution in [-0.2, 0) is 0 Å². The second-order valence-corrected chi connectivity index (χ2v) is 4.83. The van der Waals surface area contributed by atoms with E-state index in [2.05, 4.69) is 0 Å². The maximum atomic E-state index is 14.0. The zero-order chi connectivity index (χ0) is 14.9. The van der Waals surface area contributed by atoms with Gasteiger partial charge in [0.15, 0.2) is 0 Å². The van der Waals surface area contributed by atoms with Gasteiger partial charge in [-0.25, -0.2) is 8.78 Å². The molecule has 0 aliphatic carbocycles. The van der Waals surface area contributed by atoms with E-state index in [1.807, 2.05) is 13.0 Å². The average Bonchev–Trinajstić information content (AvgIpc) is 2.42. The molecule has 2 aromatic rings. The van der Waals surface area contributed by atoms with Crippen molar-refractivity contribution in [2.75, 3.05) is 7.11 Å². The smallest absolute Gasteiger partial charge is 0.128 e. The fourth-order valence-electron chi connectivity index (χ4n) is 2.11. The van der Waals surface area contributed by atoms with E-state index >= 15 is 0 Å². The van der Waals surface area contributed by atoms with E-state index in [-0.39, 0.29) is 11.1 Å². The summed E-state index contributed by atoms with van der Waals surface area (Å²) in [7, 11) is 1.56. The zero-order valence-corrected chi connectivity index (χ0v) is 11.7. The van der Waals surface area contributed by atoms with Gasteiger partial charge in [-0.2, -0.15) is 0 Å². The van der Waals surface area contributed by atoms with Gasteiger partial charge in [0.05, 0.1) is 13.2 Å². The fourth-order valence-corrected chi connectivity index (χ4v) is 2.11. The molecular weight excluding hydrogens is 260 g/mol. The van der Waals surface area contributed by atoms with Crippen LogP contribution in [0.1, 0.15) is 28.3 Å². The van der Waals surface area contributed by atoms with Gasteiger partial charge in [0.25, 0.3) is 0 Å². The largest absolute Gasteiger partial charge is 0.496 e. The maximum Gasteiger partial charge on any atom is 0.128 e. The standard InChI is InChI=1S/C16H17F2NO/c1-9-4-5-11(7-15(9)20-3)16(19)12-8-13(17)10(2)6-14(12)18/h4-8,16H,19H2,1-3H3. The maximum absolute atomic E-state index is 14.0. The minimum absolute atomic E-state index is 0.138. The van der Waals surface area contributed by atoms with E-state index in [1.54, 1.807) is 19.2 Å². The molecule has 2 nitrogen and oxygen atoms in total. The molecule has 4 heteroatoms. The molecule has 0 radical (unpaired) electrons. The quantitative estimate of drug-likeness (QED) is 0.929. The second-order valence-electron chi connectivity index (χ2n) is 4.83. The van der Waals surface area contributed by atoms with Crippen LogP contribution in [0, 0.1) is 25.5 Å². The number of ether oxygens (including phenoxy) is 1. The van der Waals surface area contributed by atoms with Crippen LogP contribution in [0.4, 0.5) is 8.78 Å². The Morgan fingerprint density at radius 2 is 1.70 bits per heavy atom. The molecule has 0 aliphatic rings. The molecule has 20 heavy (non-hydrogen) atoms. The summed E-state index contributed by atoms with van der Waals surface area (Å²) in [4.78, 5) is 0. The van der Waals surface area contributed by atoms with E-state index in [9.17, 15) is 8.78 Å². The lowest BCUT2D eigenvalue weighted by Gasteiger charge is -2.16.